The molecular weight excluding hydrogens is 384 g/mol. The Bertz CT molecular complexity index is 729. The molecule has 2 aliphatic heterocycles. The normalized spacial score (nSPS) is 26.1. The smallest absolute Gasteiger partial charge is 0.0486 e. The minimum Gasteiger partial charge on any atom is -0.381 e. The molecule has 4 rings (SSSR count). The van der Waals surface area contributed by atoms with Gasteiger partial charge in [-0.25, -0.2) is 0 Å². The van der Waals surface area contributed by atoms with Crippen LogP contribution in [0.25, 0.3) is 6.08 Å². The maximum Gasteiger partial charge on any atom is 0.0486 e. The van der Waals surface area contributed by atoms with E-state index in [4.69, 9.17) is 0 Å². The summed E-state index contributed by atoms with van der Waals surface area (Å²) in [6.07, 6.45) is 11.2. The maximum absolute atomic E-state index is 3.79. The highest BCUT2D eigenvalue weighted by atomic mass is 79.9. The fourth-order valence-electron chi connectivity index (χ4n) is 4.57. The summed E-state index contributed by atoms with van der Waals surface area (Å²) in [4.78, 5) is 2.75. The van der Waals surface area contributed by atoms with Crippen LogP contribution in [0.15, 0.2) is 65.1 Å². The van der Waals surface area contributed by atoms with E-state index in [1.165, 1.54) is 47.8 Å². The van der Waals surface area contributed by atoms with Gasteiger partial charge in [0.15, 0.2) is 0 Å². The summed E-state index contributed by atoms with van der Waals surface area (Å²) < 4.78 is 1.17. The van der Waals surface area contributed by atoms with Gasteiger partial charge >= 0.3 is 0 Å². The second kappa shape index (κ2) is 8.41. The number of hydrogen-bond acceptors (Lipinski definition) is 2. The third-order valence-electron chi connectivity index (χ3n) is 5.79. The predicted molar refractivity (Wildman–Crippen MR) is 114 cm³/mol. The summed E-state index contributed by atoms with van der Waals surface area (Å²) in [6.45, 7) is 1.08. The van der Waals surface area contributed by atoms with Crippen molar-refractivity contribution < 1.29 is 0 Å². The highest BCUT2D eigenvalue weighted by Crippen LogP contribution is 2.36. The van der Waals surface area contributed by atoms with Gasteiger partial charge in [-0.05, 0) is 59.3 Å². The first kappa shape index (κ1) is 17.8. The summed E-state index contributed by atoms with van der Waals surface area (Å²) in [5.74, 6) is 0. The molecule has 0 aliphatic carbocycles. The van der Waals surface area contributed by atoms with Gasteiger partial charge < -0.3 is 5.32 Å². The largest absolute Gasteiger partial charge is 0.381 e. The Balaban J connectivity index is 1.39. The van der Waals surface area contributed by atoms with Crippen LogP contribution in [0, 0.1) is 0 Å². The van der Waals surface area contributed by atoms with Crippen molar-refractivity contribution >= 4 is 27.7 Å². The molecule has 1 N–H and O–H groups in total. The Kier molecular flexibility index (Phi) is 5.76. The molecule has 136 valence electrons. The molecule has 2 unspecified atom stereocenters. The molecule has 2 fully saturated rings. The van der Waals surface area contributed by atoms with Crippen LogP contribution in [-0.4, -0.2) is 29.6 Å². The van der Waals surface area contributed by atoms with Crippen molar-refractivity contribution in [3.63, 3.8) is 0 Å². The Morgan fingerprint density at radius 1 is 0.962 bits per heavy atom. The van der Waals surface area contributed by atoms with Gasteiger partial charge in [0.2, 0.25) is 0 Å². The fraction of sp³-hybridized carbons (Fsp3) is 0.391. The molecule has 2 atom stereocenters. The highest BCUT2D eigenvalue weighted by Gasteiger charge is 2.37. The molecule has 0 aromatic heterocycles. The van der Waals surface area contributed by atoms with E-state index in [-0.39, 0.29) is 0 Å². The first-order valence-electron chi connectivity index (χ1n) is 9.78. The molecule has 0 saturated carbocycles. The van der Waals surface area contributed by atoms with Gasteiger partial charge in [0.1, 0.15) is 0 Å². The number of fused-ring (bicyclic) bond motifs is 2. The van der Waals surface area contributed by atoms with Crippen LogP contribution >= 0.6 is 15.9 Å². The number of halogens is 1. The number of para-hydroxylation sites is 1. The zero-order valence-corrected chi connectivity index (χ0v) is 16.7. The Hall–Kier alpha value is -1.58. The van der Waals surface area contributed by atoms with Crippen LogP contribution in [0.3, 0.4) is 0 Å². The van der Waals surface area contributed by atoms with Crippen molar-refractivity contribution in [2.24, 2.45) is 0 Å². The molecule has 3 heteroatoms. The minimum absolute atomic E-state index is 0.582. The van der Waals surface area contributed by atoms with Crippen LogP contribution in [0.1, 0.15) is 37.7 Å². The molecule has 2 aromatic carbocycles. The second-order valence-electron chi connectivity index (χ2n) is 7.54. The SMILES string of the molecule is Brc1ccccc1NC1CC2CCCC(C1)N2C/C=C/c1ccccc1. The second-order valence-corrected chi connectivity index (χ2v) is 8.40. The molecule has 2 bridgehead atoms. The fourth-order valence-corrected chi connectivity index (χ4v) is 4.97. The highest BCUT2D eigenvalue weighted by molar-refractivity contribution is 9.10. The molecule has 2 aliphatic rings. The number of nitrogens with one attached hydrogen (secondary N) is 1. The third kappa shape index (κ3) is 4.21. The van der Waals surface area contributed by atoms with Gasteiger partial charge in [0.05, 0.1) is 0 Å². The average Bonchev–Trinajstić information content (AvgIpc) is 2.65. The van der Waals surface area contributed by atoms with Gasteiger partial charge in [0, 0.05) is 34.8 Å². The lowest BCUT2D eigenvalue weighted by Crippen LogP contribution is -2.54. The van der Waals surface area contributed by atoms with Crippen molar-refractivity contribution in [2.45, 2.75) is 50.2 Å². The van der Waals surface area contributed by atoms with Crippen LogP contribution < -0.4 is 5.32 Å². The van der Waals surface area contributed by atoms with Crippen LogP contribution in [0.4, 0.5) is 5.69 Å². The standard InChI is InChI=1S/C23H27BrN2/c24-22-13-4-5-14-23(22)25-19-16-20-11-6-12-21(17-19)26(20)15-7-10-18-8-2-1-3-9-18/h1-5,7-10,13-14,19-21,25H,6,11-12,15-17H2/b10-7+. The van der Waals surface area contributed by atoms with Gasteiger partial charge in [0.25, 0.3) is 0 Å². The number of anilines is 1. The van der Waals surface area contributed by atoms with E-state index in [1.807, 2.05) is 0 Å². The van der Waals surface area contributed by atoms with Crippen LogP contribution in [0.5, 0.6) is 0 Å². The molecule has 0 amide bonds. The Labute approximate surface area is 165 Å². The zero-order chi connectivity index (χ0) is 17.8. The predicted octanol–water partition coefficient (Wildman–Crippen LogP) is 5.96. The summed E-state index contributed by atoms with van der Waals surface area (Å²) in [7, 11) is 0. The van der Waals surface area contributed by atoms with E-state index in [0.717, 1.165) is 6.54 Å². The van der Waals surface area contributed by atoms with Crippen molar-refractivity contribution in [2.75, 3.05) is 11.9 Å². The quantitative estimate of drug-likeness (QED) is 0.653. The number of piperidine rings is 2. The third-order valence-corrected chi connectivity index (χ3v) is 6.48. The lowest BCUT2D eigenvalue weighted by Gasteiger charge is -2.49. The number of rotatable bonds is 5. The maximum atomic E-state index is 3.79. The van der Waals surface area contributed by atoms with Gasteiger partial charge in [-0.15, -0.1) is 0 Å². The molecule has 0 spiro atoms. The molecule has 2 nitrogen and oxygen atoms in total. The van der Waals surface area contributed by atoms with E-state index in [9.17, 15) is 0 Å². The van der Waals surface area contributed by atoms with E-state index in [0.29, 0.717) is 18.1 Å². The first-order valence-corrected chi connectivity index (χ1v) is 10.6. The van der Waals surface area contributed by atoms with Crippen molar-refractivity contribution in [3.05, 3.63) is 70.7 Å². The van der Waals surface area contributed by atoms with E-state index in [2.05, 4.69) is 92.9 Å². The summed E-state index contributed by atoms with van der Waals surface area (Å²) in [5, 5.41) is 3.79. The topological polar surface area (TPSA) is 15.3 Å². The minimum atomic E-state index is 0.582. The van der Waals surface area contributed by atoms with Gasteiger partial charge in [-0.1, -0.05) is 61.0 Å². The molecular formula is C23H27BrN2. The Morgan fingerprint density at radius 3 is 2.38 bits per heavy atom. The summed E-state index contributed by atoms with van der Waals surface area (Å²) >= 11 is 3.67. The Morgan fingerprint density at radius 2 is 1.65 bits per heavy atom. The van der Waals surface area contributed by atoms with Crippen molar-refractivity contribution in [3.8, 4) is 0 Å². The molecule has 2 aromatic rings. The molecule has 2 heterocycles. The number of hydrogen-bond donors (Lipinski definition) is 1. The van der Waals surface area contributed by atoms with Crippen LogP contribution in [-0.2, 0) is 0 Å². The lowest BCUT2D eigenvalue weighted by molar-refractivity contribution is 0.0463. The van der Waals surface area contributed by atoms with Crippen molar-refractivity contribution in [1.29, 1.82) is 0 Å². The lowest BCUT2D eigenvalue weighted by atomic mass is 9.81. The van der Waals surface area contributed by atoms with Crippen LogP contribution in [0.2, 0.25) is 0 Å². The molecule has 2 saturated heterocycles. The average molecular weight is 411 g/mol. The molecule has 0 radical (unpaired) electrons. The van der Waals surface area contributed by atoms with Gasteiger partial charge in [-0.2, -0.15) is 0 Å². The summed E-state index contributed by atoms with van der Waals surface area (Å²) in [5.41, 5.74) is 2.52. The van der Waals surface area contributed by atoms with Crippen molar-refractivity contribution in [1.82, 2.24) is 4.90 Å². The monoisotopic (exact) mass is 410 g/mol. The van der Waals surface area contributed by atoms with Gasteiger partial charge in [-0.3, -0.25) is 4.90 Å². The number of benzene rings is 2. The van der Waals surface area contributed by atoms with E-state index < -0.39 is 0 Å². The van der Waals surface area contributed by atoms with E-state index >= 15 is 0 Å². The number of nitrogens with zero attached hydrogens (tertiary/aromatic N) is 1. The summed E-state index contributed by atoms with van der Waals surface area (Å²) in [6, 6.07) is 21.1. The first-order chi connectivity index (χ1) is 12.8. The molecule has 26 heavy (non-hydrogen) atoms. The van der Waals surface area contributed by atoms with E-state index in [1.54, 1.807) is 0 Å². The zero-order valence-electron chi connectivity index (χ0n) is 15.2.